The number of fused-ring (bicyclic) bond motifs is 2. The average Bonchev–Trinajstić information content (AvgIpc) is 2.75. The number of para-hydroxylation sites is 2. The van der Waals surface area contributed by atoms with Gasteiger partial charge in [0.1, 0.15) is 6.54 Å². The summed E-state index contributed by atoms with van der Waals surface area (Å²) >= 11 is 0. The van der Waals surface area contributed by atoms with E-state index in [0.29, 0.717) is 28.4 Å². The number of aromatic nitrogens is 1. The number of unbranched alkanes of at least 4 members (excludes halogenated alkanes) is 1. The van der Waals surface area contributed by atoms with Gasteiger partial charge in [-0.1, -0.05) is 37.6 Å². The molecule has 0 aliphatic heterocycles. The molecule has 8 heteroatoms. The van der Waals surface area contributed by atoms with Crippen LogP contribution in [0.5, 0.6) is 0 Å². The topological polar surface area (TPSA) is 106 Å². The van der Waals surface area contributed by atoms with E-state index in [-0.39, 0.29) is 12.0 Å². The lowest BCUT2D eigenvalue weighted by molar-refractivity contribution is -0.148. The highest BCUT2D eigenvalue weighted by molar-refractivity contribution is 5.96. The molecule has 0 saturated heterocycles. The molecule has 156 valence electrons. The summed E-state index contributed by atoms with van der Waals surface area (Å²) < 4.78 is 6.72. The first kappa shape index (κ1) is 21.0. The highest BCUT2D eigenvalue weighted by Crippen LogP contribution is 2.19. The van der Waals surface area contributed by atoms with Crippen LogP contribution in [0.2, 0.25) is 0 Å². The molecule has 0 saturated carbocycles. The standard InChI is InChI=1S/C22H23N3O5/c1-2-3-12-23-22(29)24-19(26)14-30-20(27)13-25-17-10-6-4-8-15(17)21(28)16-9-5-7-11-18(16)25/h4-11H,2-3,12-14H2,1H3,(H2,23,24,26,29). The van der Waals surface area contributed by atoms with Crippen LogP contribution in [0.4, 0.5) is 4.79 Å². The van der Waals surface area contributed by atoms with Crippen LogP contribution in [-0.4, -0.2) is 35.6 Å². The number of esters is 1. The fourth-order valence-electron chi connectivity index (χ4n) is 3.15. The van der Waals surface area contributed by atoms with Crippen LogP contribution >= 0.6 is 0 Å². The number of hydrogen-bond donors (Lipinski definition) is 2. The van der Waals surface area contributed by atoms with E-state index in [1.165, 1.54) is 0 Å². The van der Waals surface area contributed by atoms with Crippen LogP contribution < -0.4 is 16.1 Å². The van der Waals surface area contributed by atoms with E-state index in [1.54, 1.807) is 53.1 Å². The highest BCUT2D eigenvalue weighted by Gasteiger charge is 2.15. The molecule has 0 fully saturated rings. The monoisotopic (exact) mass is 409 g/mol. The molecule has 0 unspecified atom stereocenters. The maximum absolute atomic E-state index is 12.7. The van der Waals surface area contributed by atoms with E-state index in [1.807, 2.05) is 6.92 Å². The van der Waals surface area contributed by atoms with Gasteiger partial charge in [-0.15, -0.1) is 0 Å². The number of nitrogens with one attached hydrogen (secondary N) is 2. The zero-order chi connectivity index (χ0) is 21.5. The minimum Gasteiger partial charge on any atom is -0.454 e. The Bertz CT molecular complexity index is 1090. The fraction of sp³-hybridized carbons (Fsp3) is 0.273. The third kappa shape index (κ3) is 4.83. The van der Waals surface area contributed by atoms with Crippen molar-refractivity contribution in [3.8, 4) is 0 Å². The number of ether oxygens (including phenoxy) is 1. The molecule has 2 N–H and O–H groups in total. The summed E-state index contributed by atoms with van der Waals surface area (Å²) in [5.41, 5.74) is 1.08. The molecule has 3 amide bonds. The van der Waals surface area contributed by atoms with Gasteiger partial charge in [0.15, 0.2) is 12.0 Å². The largest absolute Gasteiger partial charge is 0.454 e. The SMILES string of the molecule is CCCCNC(=O)NC(=O)COC(=O)Cn1c2ccccc2c(=O)c2ccccc21. The molecule has 8 nitrogen and oxygen atoms in total. The van der Waals surface area contributed by atoms with Crippen molar-refractivity contribution in [3.05, 3.63) is 58.8 Å². The highest BCUT2D eigenvalue weighted by atomic mass is 16.5. The molecular formula is C22H23N3O5. The molecule has 2 aromatic carbocycles. The van der Waals surface area contributed by atoms with Crippen LogP contribution in [0.15, 0.2) is 53.3 Å². The first-order chi connectivity index (χ1) is 14.5. The van der Waals surface area contributed by atoms with E-state index in [0.717, 1.165) is 12.8 Å². The van der Waals surface area contributed by atoms with Gasteiger partial charge in [0.05, 0.1) is 11.0 Å². The van der Waals surface area contributed by atoms with Crippen LogP contribution in [0, 0.1) is 0 Å². The van der Waals surface area contributed by atoms with E-state index in [2.05, 4.69) is 10.6 Å². The number of nitrogens with zero attached hydrogens (tertiary/aromatic N) is 1. The lowest BCUT2D eigenvalue weighted by Crippen LogP contribution is -2.41. The normalized spacial score (nSPS) is 10.7. The quantitative estimate of drug-likeness (QED) is 0.354. The van der Waals surface area contributed by atoms with Gasteiger partial charge in [-0.2, -0.15) is 0 Å². The number of benzene rings is 2. The van der Waals surface area contributed by atoms with Crippen molar-refractivity contribution in [1.29, 1.82) is 0 Å². The molecule has 30 heavy (non-hydrogen) atoms. The Morgan fingerprint density at radius 2 is 1.57 bits per heavy atom. The lowest BCUT2D eigenvalue weighted by atomic mass is 10.1. The number of pyridine rings is 1. The van der Waals surface area contributed by atoms with E-state index in [9.17, 15) is 19.2 Å². The van der Waals surface area contributed by atoms with Crippen LogP contribution in [-0.2, 0) is 20.9 Å². The van der Waals surface area contributed by atoms with Crippen molar-refractivity contribution in [2.75, 3.05) is 13.2 Å². The predicted molar refractivity (Wildman–Crippen MR) is 113 cm³/mol. The van der Waals surface area contributed by atoms with E-state index >= 15 is 0 Å². The van der Waals surface area contributed by atoms with Crippen LogP contribution in [0.1, 0.15) is 19.8 Å². The van der Waals surface area contributed by atoms with Crippen molar-refractivity contribution in [3.63, 3.8) is 0 Å². The van der Waals surface area contributed by atoms with Gasteiger partial charge in [-0.3, -0.25) is 19.7 Å². The van der Waals surface area contributed by atoms with Crippen LogP contribution in [0.3, 0.4) is 0 Å². The third-order valence-corrected chi connectivity index (χ3v) is 4.60. The zero-order valence-electron chi connectivity index (χ0n) is 16.6. The van der Waals surface area contributed by atoms with Gasteiger partial charge in [0.2, 0.25) is 0 Å². The van der Waals surface area contributed by atoms with Gasteiger partial charge < -0.3 is 14.6 Å². The second-order valence-corrected chi connectivity index (χ2v) is 6.77. The van der Waals surface area contributed by atoms with Gasteiger partial charge in [0.25, 0.3) is 5.91 Å². The van der Waals surface area contributed by atoms with Crippen molar-refractivity contribution in [2.24, 2.45) is 0 Å². The molecule has 0 radical (unpaired) electrons. The molecular weight excluding hydrogens is 386 g/mol. The molecule has 0 aliphatic carbocycles. The zero-order valence-corrected chi connectivity index (χ0v) is 16.6. The summed E-state index contributed by atoms with van der Waals surface area (Å²) in [7, 11) is 0. The first-order valence-corrected chi connectivity index (χ1v) is 9.75. The minimum atomic E-state index is -0.716. The fourth-order valence-corrected chi connectivity index (χ4v) is 3.15. The Morgan fingerprint density at radius 1 is 0.967 bits per heavy atom. The maximum Gasteiger partial charge on any atom is 0.326 e. The Balaban J connectivity index is 1.71. The number of urea groups is 1. The lowest BCUT2D eigenvalue weighted by Gasteiger charge is -2.14. The second kappa shape index (κ2) is 9.69. The third-order valence-electron chi connectivity index (χ3n) is 4.60. The molecule has 3 aromatic rings. The Kier molecular flexibility index (Phi) is 6.79. The molecule has 0 bridgehead atoms. The Labute approximate surface area is 172 Å². The van der Waals surface area contributed by atoms with Crippen LogP contribution in [0.25, 0.3) is 21.8 Å². The van der Waals surface area contributed by atoms with Crippen molar-refractivity contribution in [1.82, 2.24) is 15.2 Å². The van der Waals surface area contributed by atoms with E-state index in [4.69, 9.17) is 4.74 Å². The van der Waals surface area contributed by atoms with Gasteiger partial charge in [-0.25, -0.2) is 4.79 Å². The molecule has 3 rings (SSSR count). The molecule has 1 heterocycles. The van der Waals surface area contributed by atoms with Crippen molar-refractivity contribution >= 4 is 39.7 Å². The predicted octanol–water partition coefficient (Wildman–Crippen LogP) is 2.32. The number of hydrogen-bond acceptors (Lipinski definition) is 5. The Hall–Kier alpha value is -3.68. The number of rotatable bonds is 7. The second-order valence-electron chi connectivity index (χ2n) is 6.77. The van der Waals surface area contributed by atoms with E-state index < -0.39 is 24.5 Å². The van der Waals surface area contributed by atoms with Crippen molar-refractivity contribution in [2.45, 2.75) is 26.3 Å². The number of amides is 3. The number of carbonyl (C=O) groups is 3. The van der Waals surface area contributed by atoms with Gasteiger partial charge in [-0.05, 0) is 30.7 Å². The Morgan fingerprint density at radius 3 is 2.17 bits per heavy atom. The summed E-state index contributed by atoms with van der Waals surface area (Å²) in [4.78, 5) is 48.5. The van der Waals surface area contributed by atoms with Gasteiger partial charge >= 0.3 is 12.0 Å². The smallest absolute Gasteiger partial charge is 0.326 e. The molecule has 1 aromatic heterocycles. The minimum absolute atomic E-state index is 0.112. The summed E-state index contributed by atoms with van der Waals surface area (Å²) in [6, 6.07) is 13.4. The van der Waals surface area contributed by atoms with Gasteiger partial charge in [0, 0.05) is 17.3 Å². The summed E-state index contributed by atoms with van der Waals surface area (Å²) in [5, 5.41) is 5.64. The summed E-state index contributed by atoms with van der Waals surface area (Å²) in [6.45, 7) is 1.69. The number of carbonyl (C=O) groups excluding carboxylic acids is 3. The molecule has 0 spiro atoms. The van der Waals surface area contributed by atoms with Crippen molar-refractivity contribution < 1.29 is 19.1 Å². The summed E-state index contributed by atoms with van der Waals surface area (Å²) in [5.74, 6) is -1.37. The summed E-state index contributed by atoms with van der Waals surface area (Å²) in [6.07, 6.45) is 1.72. The number of imide groups is 1. The average molecular weight is 409 g/mol. The molecule has 0 atom stereocenters. The maximum atomic E-state index is 12.7. The first-order valence-electron chi connectivity index (χ1n) is 9.75. The molecule has 0 aliphatic rings.